The van der Waals surface area contributed by atoms with Gasteiger partial charge in [-0.1, -0.05) is 30.3 Å². The molecule has 0 spiro atoms. The molecule has 1 heterocycles. The number of methoxy groups -OCH3 is 1. The van der Waals surface area contributed by atoms with Gasteiger partial charge in [0.15, 0.2) is 5.96 Å². The van der Waals surface area contributed by atoms with E-state index >= 15 is 0 Å². The van der Waals surface area contributed by atoms with E-state index in [0.717, 1.165) is 55.6 Å². The molecule has 6 nitrogen and oxygen atoms in total. The lowest BCUT2D eigenvalue weighted by Gasteiger charge is -2.12. The van der Waals surface area contributed by atoms with Gasteiger partial charge in [-0.05, 0) is 36.6 Å². The Morgan fingerprint density at radius 2 is 2.03 bits per heavy atom. The Morgan fingerprint density at radius 1 is 1.17 bits per heavy atom. The molecular weight excluding hydrogens is 493 g/mol. The lowest BCUT2D eigenvalue weighted by Crippen LogP contribution is -2.38. The fourth-order valence-electron chi connectivity index (χ4n) is 3.29. The van der Waals surface area contributed by atoms with Gasteiger partial charge in [0.2, 0.25) is 0 Å². The summed E-state index contributed by atoms with van der Waals surface area (Å²) in [6.07, 6.45) is 1.96. The summed E-state index contributed by atoms with van der Waals surface area (Å²) in [5.41, 5.74) is 3.68. The molecular formula is C23H32IN3O3. The number of nitrogens with one attached hydrogen (secondary N) is 2. The molecule has 30 heavy (non-hydrogen) atoms. The molecule has 0 radical (unpaired) electrons. The molecule has 3 rings (SSSR count). The first-order chi connectivity index (χ1) is 14.3. The van der Waals surface area contributed by atoms with Gasteiger partial charge < -0.3 is 24.8 Å². The number of hydrogen-bond acceptors (Lipinski definition) is 4. The monoisotopic (exact) mass is 525 g/mol. The second-order valence-electron chi connectivity index (χ2n) is 6.84. The summed E-state index contributed by atoms with van der Waals surface area (Å²) < 4.78 is 16.7. The fourth-order valence-corrected chi connectivity index (χ4v) is 3.29. The number of rotatable bonds is 10. The maximum Gasteiger partial charge on any atom is 0.191 e. The van der Waals surface area contributed by atoms with Gasteiger partial charge in [0.25, 0.3) is 0 Å². The third-order valence-corrected chi connectivity index (χ3v) is 4.76. The predicted molar refractivity (Wildman–Crippen MR) is 131 cm³/mol. The van der Waals surface area contributed by atoms with E-state index in [1.54, 1.807) is 7.11 Å². The molecule has 0 bridgehead atoms. The fraction of sp³-hybridized carbons (Fsp3) is 0.435. The number of hydrogen-bond donors (Lipinski definition) is 2. The second-order valence-corrected chi connectivity index (χ2v) is 6.84. The van der Waals surface area contributed by atoms with Crippen molar-refractivity contribution in [2.75, 3.05) is 40.0 Å². The molecule has 0 atom stereocenters. The molecule has 1 aliphatic rings. The van der Waals surface area contributed by atoms with Gasteiger partial charge in [-0.15, -0.1) is 24.0 Å². The van der Waals surface area contributed by atoms with Crippen molar-refractivity contribution in [2.45, 2.75) is 26.4 Å². The summed E-state index contributed by atoms with van der Waals surface area (Å²) in [4.78, 5) is 4.59. The second kappa shape index (κ2) is 13.3. The maximum atomic E-state index is 5.75. The van der Waals surface area contributed by atoms with Crippen molar-refractivity contribution in [3.8, 4) is 11.5 Å². The van der Waals surface area contributed by atoms with Crippen molar-refractivity contribution in [1.82, 2.24) is 10.6 Å². The Labute approximate surface area is 196 Å². The molecule has 0 aliphatic carbocycles. The Balaban J connectivity index is 0.00000320. The van der Waals surface area contributed by atoms with Crippen molar-refractivity contribution in [3.63, 3.8) is 0 Å². The minimum absolute atomic E-state index is 0. The van der Waals surface area contributed by atoms with Crippen LogP contribution in [0.15, 0.2) is 47.5 Å². The van der Waals surface area contributed by atoms with Crippen molar-refractivity contribution in [2.24, 2.45) is 4.99 Å². The van der Waals surface area contributed by atoms with Crippen LogP contribution in [0.3, 0.4) is 0 Å². The van der Waals surface area contributed by atoms with Gasteiger partial charge in [0.05, 0.1) is 33.5 Å². The van der Waals surface area contributed by atoms with Gasteiger partial charge in [0.1, 0.15) is 11.5 Å². The Morgan fingerprint density at radius 3 is 2.87 bits per heavy atom. The number of para-hydroxylation sites is 1. The number of benzene rings is 2. The molecule has 0 saturated carbocycles. The van der Waals surface area contributed by atoms with Crippen LogP contribution < -0.4 is 20.1 Å². The van der Waals surface area contributed by atoms with E-state index in [1.165, 1.54) is 11.1 Å². The standard InChI is InChI=1S/C23H31N3O3.HI/c1-3-24-23(25-12-10-18-8-9-22-19(16-18)11-14-29-22)26-13-15-28-17-20-6-4-5-7-21(20)27-2;/h4-9,16H,3,10-15,17H2,1-2H3,(H2,24,25,26);1H. The van der Waals surface area contributed by atoms with Crippen molar-refractivity contribution >= 4 is 29.9 Å². The molecule has 2 aromatic rings. The molecule has 0 fully saturated rings. The van der Waals surface area contributed by atoms with Gasteiger partial charge >= 0.3 is 0 Å². The highest BCUT2D eigenvalue weighted by Crippen LogP contribution is 2.25. The van der Waals surface area contributed by atoms with Crippen LogP contribution in [0, 0.1) is 0 Å². The molecule has 0 aromatic heterocycles. The molecule has 1 aliphatic heterocycles. The van der Waals surface area contributed by atoms with Crippen molar-refractivity contribution in [1.29, 1.82) is 0 Å². The summed E-state index contributed by atoms with van der Waals surface area (Å²) in [5, 5.41) is 6.68. The average Bonchev–Trinajstić information content (AvgIpc) is 3.21. The molecule has 164 valence electrons. The molecule has 0 amide bonds. The van der Waals surface area contributed by atoms with Crippen molar-refractivity contribution in [3.05, 3.63) is 59.2 Å². The van der Waals surface area contributed by atoms with Crippen LogP contribution in [-0.2, 0) is 24.2 Å². The third kappa shape index (κ3) is 7.36. The van der Waals surface area contributed by atoms with Gasteiger partial charge in [0, 0.05) is 25.1 Å². The lowest BCUT2D eigenvalue weighted by molar-refractivity contribution is 0.126. The largest absolute Gasteiger partial charge is 0.496 e. The van der Waals surface area contributed by atoms with Crippen LogP contribution in [0.4, 0.5) is 0 Å². The first kappa shape index (κ1) is 24.3. The first-order valence-corrected chi connectivity index (χ1v) is 10.3. The molecule has 2 aromatic carbocycles. The summed E-state index contributed by atoms with van der Waals surface area (Å²) in [5.74, 6) is 2.70. The molecule has 2 N–H and O–H groups in total. The highest BCUT2D eigenvalue weighted by atomic mass is 127. The third-order valence-electron chi connectivity index (χ3n) is 4.76. The zero-order chi connectivity index (χ0) is 20.3. The molecule has 0 saturated heterocycles. The van der Waals surface area contributed by atoms with Crippen LogP contribution in [0.5, 0.6) is 11.5 Å². The van der Waals surface area contributed by atoms with Crippen molar-refractivity contribution < 1.29 is 14.2 Å². The molecule has 0 unspecified atom stereocenters. The number of fused-ring (bicyclic) bond motifs is 1. The minimum Gasteiger partial charge on any atom is -0.496 e. The van der Waals surface area contributed by atoms with E-state index in [-0.39, 0.29) is 24.0 Å². The zero-order valence-electron chi connectivity index (χ0n) is 17.8. The predicted octanol–water partition coefficient (Wildman–Crippen LogP) is 3.56. The van der Waals surface area contributed by atoms with Gasteiger partial charge in [-0.2, -0.15) is 0 Å². The van der Waals surface area contributed by atoms with E-state index in [4.69, 9.17) is 14.2 Å². The van der Waals surface area contributed by atoms with Gasteiger partial charge in [-0.25, -0.2) is 0 Å². The summed E-state index contributed by atoms with van der Waals surface area (Å²) in [7, 11) is 1.67. The van der Waals surface area contributed by atoms with Crippen LogP contribution in [0.25, 0.3) is 0 Å². The summed E-state index contributed by atoms with van der Waals surface area (Å²) >= 11 is 0. The first-order valence-electron chi connectivity index (χ1n) is 10.3. The topological polar surface area (TPSA) is 64.1 Å². The van der Waals surface area contributed by atoms with E-state index in [2.05, 4.69) is 40.7 Å². The van der Waals surface area contributed by atoms with E-state index in [0.29, 0.717) is 19.8 Å². The Hall–Kier alpha value is -2.00. The zero-order valence-corrected chi connectivity index (χ0v) is 20.1. The van der Waals surface area contributed by atoms with Crippen LogP contribution >= 0.6 is 24.0 Å². The Kier molecular flexibility index (Phi) is 10.8. The Bertz CT molecular complexity index is 814. The number of nitrogens with zero attached hydrogens (tertiary/aromatic N) is 1. The van der Waals surface area contributed by atoms with E-state index in [1.807, 2.05) is 24.3 Å². The number of aliphatic imine (C=N–C) groups is 1. The minimum atomic E-state index is 0. The number of halogens is 1. The SMILES string of the molecule is CCNC(=NCCOCc1ccccc1OC)NCCc1ccc2c(c1)CCO2.I. The normalized spacial score (nSPS) is 12.5. The lowest BCUT2D eigenvalue weighted by atomic mass is 10.1. The van der Waals surface area contributed by atoms with E-state index < -0.39 is 0 Å². The van der Waals surface area contributed by atoms with Crippen LogP contribution in [0.2, 0.25) is 0 Å². The van der Waals surface area contributed by atoms with Crippen LogP contribution in [0.1, 0.15) is 23.6 Å². The quantitative estimate of drug-likeness (QED) is 0.215. The molecule has 7 heteroatoms. The van der Waals surface area contributed by atoms with E-state index in [9.17, 15) is 0 Å². The number of ether oxygens (including phenoxy) is 3. The van der Waals surface area contributed by atoms with Crippen LogP contribution in [-0.4, -0.2) is 45.9 Å². The summed E-state index contributed by atoms with van der Waals surface area (Å²) in [6.45, 7) is 6.19. The average molecular weight is 525 g/mol. The summed E-state index contributed by atoms with van der Waals surface area (Å²) in [6, 6.07) is 14.4. The highest BCUT2D eigenvalue weighted by Gasteiger charge is 2.11. The highest BCUT2D eigenvalue weighted by molar-refractivity contribution is 14.0. The maximum absolute atomic E-state index is 5.75. The smallest absolute Gasteiger partial charge is 0.191 e. The number of guanidine groups is 1. The van der Waals surface area contributed by atoms with Gasteiger partial charge in [-0.3, -0.25) is 4.99 Å².